The summed E-state index contributed by atoms with van der Waals surface area (Å²) in [5.41, 5.74) is 0. The fourth-order valence-electron chi connectivity index (χ4n) is 2.17. The van der Waals surface area contributed by atoms with E-state index in [9.17, 15) is 0 Å². The van der Waals surface area contributed by atoms with Gasteiger partial charge in [0.05, 0.1) is 0 Å². The largest absolute Gasteiger partial charge is 0.317 e. The average molecular weight is 222 g/mol. The van der Waals surface area contributed by atoms with E-state index in [0.29, 0.717) is 5.92 Å². The summed E-state index contributed by atoms with van der Waals surface area (Å²) in [6.07, 6.45) is 2.52. The molecule has 1 aromatic rings. The van der Waals surface area contributed by atoms with Crippen molar-refractivity contribution in [2.75, 3.05) is 13.1 Å². The first kappa shape index (κ1) is 11.6. The molecule has 2 rings (SSSR count). The van der Waals surface area contributed by atoms with Crippen LogP contribution in [0.25, 0.3) is 0 Å². The van der Waals surface area contributed by atoms with Crippen molar-refractivity contribution in [1.29, 1.82) is 0 Å². The van der Waals surface area contributed by atoms with E-state index >= 15 is 0 Å². The average Bonchev–Trinajstić information content (AvgIpc) is 2.62. The third-order valence-electron chi connectivity index (χ3n) is 3.28. The summed E-state index contributed by atoms with van der Waals surface area (Å²) in [4.78, 5) is 4.51. The molecule has 1 aromatic heterocycles. The first-order valence-corrected chi connectivity index (χ1v) is 6.29. The lowest BCUT2D eigenvalue weighted by Gasteiger charge is -2.22. The van der Waals surface area contributed by atoms with Crippen LogP contribution in [-0.4, -0.2) is 27.9 Å². The Hall–Kier alpha value is -0.900. The highest BCUT2D eigenvalue weighted by Crippen LogP contribution is 2.16. The zero-order valence-electron chi connectivity index (χ0n) is 10.5. The monoisotopic (exact) mass is 222 g/mol. The van der Waals surface area contributed by atoms with E-state index in [1.54, 1.807) is 0 Å². The lowest BCUT2D eigenvalue weighted by molar-refractivity contribution is 0.317. The molecule has 90 valence electrons. The summed E-state index contributed by atoms with van der Waals surface area (Å²) in [5, 5.41) is 7.98. The van der Waals surface area contributed by atoms with Gasteiger partial charge < -0.3 is 5.32 Å². The summed E-state index contributed by atoms with van der Waals surface area (Å²) in [7, 11) is 0. The Bertz CT molecular complexity index is 337. The molecule has 0 spiro atoms. The number of hydrogen-bond acceptors (Lipinski definition) is 3. The van der Waals surface area contributed by atoms with E-state index in [1.807, 2.05) is 0 Å². The zero-order chi connectivity index (χ0) is 11.5. The molecule has 1 fully saturated rings. The molecule has 2 heterocycles. The van der Waals surface area contributed by atoms with Crippen molar-refractivity contribution in [2.24, 2.45) is 5.92 Å². The lowest BCUT2D eigenvalue weighted by Crippen LogP contribution is -2.30. The predicted octanol–water partition coefficient (Wildman–Crippen LogP) is 1.71. The van der Waals surface area contributed by atoms with Crippen molar-refractivity contribution in [3.8, 4) is 0 Å². The van der Waals surface area contributed by atoms with Gasteiger partial charge in [-0.1, -0.05) is 13.8 Å². The van der Waals surface area contributed by atoms with Crippen LogP contribution in [0.15, 0.2) is 0 Å². The van der Waals surface area contributed by atoms with Gasteiger partial charge in [0.25, 0.3) is 0 Å². The molecule has 0 aromatic carbocycles. The van der Waals surface area contributed by atoms with Crippen molar-refractivity contribution >= 4 is 0 Å². The van der Waals surface area contributed by atoms with Crippen LogP contribution >= 0.6 is 0 Å². The molecular weight excluding hydrogens is 200 g/mol. The van der Waals surface area contributed by atoms with Gasteiger partial charge in [-0.3, -0.25) is 0 Å². The molecule has 4 nitrogen and oxygen atoms in total. The molecule has 1 aliphatic heterocycles. The minimum Gasteiger partial charge on any atom is -0.317 e. The summed E-state index contributed by atoms with van der Waals surface area (Å²) >= 11 is 0. The number of nitrogens with one attached hydrogen (secondary N) is 1. The minimum atomic E-state index is 0.424. The van der Waals surface area contributed by atoms with Crippen molar-refractivity contribution in [2.45, 2.75) is 46.1 Å². The third-order valence-corrected chi connectivity index (χ3v) is 3.28. The van der Waals surface area contributed by atoms with Crippen LogP contribution in [0.1, 0.15) is 44.3 Å². The van der Waals surface area contributed by atoms with Gasteiger partial charge in [-0.25, -0.2) is 9.67 Å². The van der Waals surface area contributed by atoms with Gasteiger partial charge in [-0.05, 0) is 38.8 Å². The molecule has 0 bridgehead atoms. The Morgan fingerprint density at radius 2 is 2.06 bits per heavy atom. The van der Waals surface area contributed by atoms with E-state index in [0.717, 1.165) is 37.2 Å². The standard InChI is InChI=1S/C12H22N4/c1-9(2)12-14-10(3)16(15-12)8-11-4-6-13-7-5-11/h9,11,13H,4-8H2,1-3H3. The van der Waals surface area contributed by atoms with E-state index < -0.39 is 0 Å². The Kier molecular flexibility index (Phi) is 3.59. The molecule has 0 unspecified atom stereocenters. The molecule has 0 saturated carbocycles. The maximum atomic E-state index is 4.59. The summed E-state index contributed by atoms with van der Waals surface area (Å²) in [5.74, 6) is 3.23. The highest BCUT2D eigenvalue weighted by atomic mass is 15.3. The van der Waals surface area contributed by atoms with Crippen molar-refractivity contribution in [1.82, 2.24) is 20.1 Å². The molecule has 0 atom stereocenters. The number of hydrogen-bond donors (Lipinski definition) is 1. The molecule has 1 aliphatic rings. The highest BCUT2D eigenvalue weighted by Gasteiger charge is 2.16. The van der Waals surface area contributed by atoms with Crippen LogP contribution in [0.4, 0.5) is 0 Å². The number of aromatic nitrogens is 3. The second kappa shape index (κ2) is 4.95. The van der Waals surface area contributed by atoms with Gasteiger partial charge in [-0.15, -0.1) is 0 Å². The van der Waals surface area contributed by atoms with Crippen molar-refractivity contribution in [3.63, 3.8) is 0 Å². The fourth-order valence-corrected chi connectivity index (χ4v) is 2.17. The molecule has 0 radical (unpaired) electrons. The SMILES string of the molecule is Cc1nc(C(C)C)nn1CC1CCNCC1. The topological polar surface area (TPSA) is 42.7 Å². The minimum absolute atomic E-state index is 0.424. The van der Waals surface area contributed by atoms with E-state index in [-0.39, 0.29) is 0 Å². The zero-order valence-corrected chi connectivity index (χ0v) is 10.5. The number of nitrogens with zero attached hydrogens (tertiary/aromatic N) is 3. The second-order valence-electron chi connectivity index (χ2n) is 5.05. The van der Waals surface area contributed by atoms with Crippen LogP contribution in [0.2, 0.25) is 0 Å². The van der Waals surface area contributed by atoms with Crippen LogP contribution in [-0.2, 0) is 6.54 Å². The Morgan fingerprint density at radius 1 is 1.38 bits per heavy atom. The quantitative estimate of drug-likeness (QED) is 0.846. The molecule has 4 heteroatoms. The number of piperidine rings is 1. The first-order valence-electron chi connectivity index (χ1n) is 6.29. The van der Waals surface area contributed by atoms with Crippen LogP contribution < -0.4 is 5.32 Å². The summed E-state index contributed by atoms with van der Waals surface area (Å²) < 4.78 is 2.09. The van der Waals surface area contributed by atoms with Gasteiger partial charge in [0, 0.05) is 12.5 Å². The van der Waals surface area contributed by atoms with E-state index in [1.165, 1.54) is 12.8 Å². The van der Waals surface area contributed by atoms with Crippen molar-refractivity contribution < 1.29 is 0 Å². The van der Waals surface area contributed by atoms with E-state index in [4.69, 9.17) is 0 Å². The maximum Gasteiger partial charge on any atom is 0.153 e. The van der Waals surface area contributed by atoms with Gasteiger partial charge in [-0.2, -0.15) is 5.10 Å². The maximum absolute atomic E-state index is 4.59. The Labute approximate surface area is 97.5 Å². The first-order chi connectivity index (χ1) is 7.66. The smallest absolute Gasteiger partial charge is 0.153 e. The summed E-state index contributed by atoms with van der Waals surface area (Å²) in [6, 6.07) is 0. The number of rotatable bonds is 3. The second-order valence-corrected chi connectivity index (χ2v) is 5.05. The lowest BCUT2D eigenvalue weighted by atomic mass is 9.98. The highest BCUT2D eigenvalue weighted by molar-refractivity contribution is 4.95. The van der Waals surface area contributed by atoms with Gasteiger partial charge in [0.15, 0.2) is 5.82 Å². The number of aryl methyl sites for hydroxylation is 1. The van der Waals surface area contributed by atoms with Gasteiger partial charge in [0.2, 0.25) is 0 Å². The third kappa shape index (κ3) is 2.61. The van der Waals surface area contributed by atoms with Crippen molar-refractivity contribution in [3.05, 3.63) is 11.6 Å². The molecule has 0 aliphatic carbocycles. The van der Waals surface area contributed by atoms with E-state index in [2.05, 4.69) is 40.9 Å². The van der Waals surface area contributed by atoms with Crippen LogP contribution in [0.5, 0.6) is 0 Å². The van der Waals surface area contributed by atoms with Crippen LogP contribution in [0, 0.1) is 12.8 Å². The molecular formula is C12H22N4. The Morgan fingerprint density at radius 3 is 2.62 bits per heavy atom. The Balaban J connectivity index is 2.02. The summed E-state index contributed by atoms with van der Waals surface area (Å²) in [6.45, 7) is 9.67. The van der Waals surface area contributed by atoms with Crippen LogP contribution in [0.3, 0.4) is 0 Å². The molecule has 1 saturated heterocycles. The fraction of sp³-hybridized carbons (Fsp3) is 0.833. The normalized spacial score (nSPS) is 18.2. The van der Waals surface area contributed by atoms with Gasteiger partial charge in [0.1, 0.15) is 5.82 Å². The molecule has 0 amide bonds. The molecule has 1 N–H and O–H groups in total. The predicted molar refractivity (Wildman–Crippen MR) is 64.4 cm³/mol. The van der Waals surface area contributed by atoms with Gasteiger partial charge >= 0.3 is 0 Å². The molecule has 16 heavy (non-hydrogen) atoms.